The van der Waals surface area contributed by atoms with Crippen molar-refractivity contribution in [2.24, 2.45) is 0 Å². The standard InChI is InChI=1S/C11H22N2O3/c1-6-11(4,5)13-9(14)7(2)12-8(3)10(15)16/h7-8,12H,6H2,1-5H3,(H,13,14)(H,15,16). The van der Waals surface area contributed by atoms with E-state index in [1.54, 1.807) is 6.92 Å². The van der Waals surface area contributed by atoms with E-state index in [0.29, 0.717) is 0 Å². The van der Waals surface area contributed by atoms with Gasteiger partial charge in [0.2, 0.25) is 5.91 Å². The monoisotopic (exact) mass is 230 g/mol. The van der Waals surface area contributed by atoms with Gasteiger partial charge >= 0.3 is 5.97 Å². The number of hydrogen-bond acceptors (Lipinski definition) is 3. The Hall–Kier alpha value is -1.10. The first kappa shape index (κ1) is 14.9. The predicted octanol–water partition coefficient (Wildman–Crippen LogP) is 0.742. The first-order valence-electron chi connectivity index (χ1n) is 5.50. The average Bonchev–Trinajstić information content (AvgIpc) is 2.16. The van der Waals surface area contributed by atoms with Crippen molar-refractivity contribution >= 4 is 11.9 Å². The lowest BCUT2D eigenvalue weighted by Gasteiger charge is -2.27. The van der Waals surface area contributed by atoms with E-state index >= 15 is 0 Å². The van der Waals surface area contributed by atoms with Gasteiger partial charge < -0.3 is 10.4 Å². The molecule has 0 rings (SSSR count). The van der Waals surface area contributed by atoms with Gasteiger partial charge in [0.25, 0.3) is 0 Å². The zero-order valence-electron chi connectivity index (χ0n) is 10.6. The third-order valence-corrected chi connectivity index (χ3v) is 2.61. The van der Waals surface area contributed by atoms with E-state index in [1.165, 1.54) is 6.92 Å². The van der Waals surface area contributed by atoms with E-state index in [9.17, 15) is 9.59 Å². The molecule has 0 radical (unpaired) electrons. The van der Waals surface area contributed by atoms with E-state index in [4.69, 9.17) is 5.11 Å². The van der Waals surface area contributed by atoms with Crippen LogP contribution in [0, 0.1) is 0 Å². The first-order valence-corrected chi connectivity index (χ1v) is 5.50. The van der Waals surface area contributed by atoms with Crippen LogP contribution in [0.15, 0.2) is 0 Å². The fourth-order valence-corrected chi connectivity index (χ4v) is 1.05. The molecule has 0 spiro atoms. The van der Waals surface area contributed by atoms with Gasteiger partial charge in [-0.2, -0.15) is 0 Å². The zero-order valence-corrected chi connectivity index (χ0v) is 10.6. The van der Waals surface area contributed by atoms with Gasteiger partial charge in [-0.1, -0.05) is 6.92 Å². The maximum absolute atomic E-state index is 11.7. The molecule has 0 saturated carbocycles. The Balaban J connectivity index is 4.25. The Labute approximate surface area is 96.6 Å². The maximum Gasteiger partial charge on any atom is 0.320 e. The Bertz CT molecular complexity index is 264. The minimum absolute atomic E-state index is 0.181. The van der Waals surface area contributed by atoms with Crippen molar-refractivity contribution < 1.29 is 14.7 Å². The van der Waals surface area contributed by atoms with E-state index in [1.807, 2.05) is 20.8 Å². The molecule has 5 heteroatoms. The van der Waals surface area contributed by atoms with Crippen LogP contribution in [-0.4, -0.2) is 34.6 Å². The van der Waals surface area contributed by atoms with Crippen molar-refractivity contribution in [2.75, 3.05) is 0 Å². The van der Waals surface area contributed by atoms with Crippen LogP contribution < -0.4 is 10.6 Å². The molecule has 0 bridgehead atoms. The molecule has 0 aromatic heterocycles. The molecule has 0 aromatic rings. The summed E-state index contributed by atoms with van der Waals surface area (Å²) in [6, 6.07) is -1.25. The third-order valence-electron chi connectivity index (χ3n) is 2.61. The molecule has 0 aliphatic carbocycles. The Morgan fingerprint density at radius 2 is 1.75 bits per heavy atom. The molecule has 94 valence electrons. The molecule has 0 aliphatic heterocycles. The summed E-state index contributed by atoms with van der Waals surface area (Å²) in [4.78, 5) is 22.3. The Morgan fingerprint density at radius 3 is 2.12 bits per heavy atom. The van der Waals surface area contributed by atoms with Crippen LogP contribution in [-0.2, 0) is 9.59 Å². The van der Waals surface area contributed by atoms with Gasteiger partial charge in [-0.15, -0.1) is 0 Å². The third kappa shape index (κ3) is 5.11. The summed E-state index contributed by atoms with van der Waals surface area (Å²) in [7, 11) is 0. The summed E-state index contributed by atoms with van der Waals surface area (Å²) in [5.41, 5.74) is -0.264. The number of carbonyl (C=O) groups excluding carboxylic acids is 1. The van der Waals surface area contributed by atoms with Crippen molar-refractivity contribution in [3.05, 3.63) is 0 Å². The largest absolute Gasteiger partial charge is 0.480 e. The SMILES string of the molecule is CCC(C)(C)NC(=O)C(C)NC(C)C(=O)O. The second-order valence-corrected chi connectivity index (χ2v) is 4.67. The summed E-state index contributed by atoms with van der Waals surface area (Å²) < 4.78 is 0. The molecule has 16 heavy (non-hydrogen) atoms. The molecule has 1 amide bonds. The summed E-state index contributed by atoms with van der Waals surface area (Å²) in [5.74, 6) is -1.14. The molecule has 2 unspecified atom stereocenters. The smallest absolute Gasteiger partial charge is 0.320 e. The molecule has 0 aromatic carbocycles. The number of carboxylic acids is 1. The molecule has 3 N–H and O–H groups in total. The van der Waals surface area contributed by atoms with Gasteiger partial charge in [-0.25, -0.2) is 0 Å². The van der Waals surface area contributed by atoms with Gasteiger partial charge in [0.1, 0.15) is 6.04 Å². The van der Waals surface area contributed by atoms with E-state index < -0.39 is 18.1 Å². The van der Waals surface area contributed by atoms with E-state index in [-0.39, 0.29) is 11.4 Å². The maximum atomic E-state index is 11.7. The van der Waals surface area contributed by atoms with E-state index in [0.717, 1.165) is 6.42 Å². The number of rotatable bonds is 6. The predicted molar refractivity (Wildman–Crippen MR) is 62.2 cm³/mol. The van der Waals surface area contributed by atoms with Gasteiger partial charge in [0, 0.05) is 5.54 Å². The highest BCUT2D eigenvalue weighted by atomic mass is 16.4. The molecule has 2 atom stereocenters. The first-order chi connectivity index (χ1) is 7.19. The molecule has 5 nitrogen and oxygen atoms in total. The van der Waals surface area contributed by atoms with Crippen LogP contribution in [0.2, 0.25) is 0 Å². The molecular formula is C11H22N2O3. The lowest BCUT2D eigenvalue weighted by Crippen LogP contribution is -2.53. The van der Waals surface area contributed by atoms with Crippen LogP contribution in [0.1, 0.15) is 41.0 Å². The van der Waals surface area contributed by atoms with E-state index in [2.05, 4.69) is 10.6 Å². The second kappa shape index (κ2) is 5.84. The van der Waals surface area contributed by atoms with Gasteiger partial charge in [0.05, 0.1) is 6.04 Å². The number of carbonyl (C=O) groups is 2. The molecule has 0 heterocycles. The van der Waals surface area contributed by atoms with Gasteiger partial charge in [-0.3, -0.25) is 14.9 Å². The summed E-state index contributed by atoms with van der Waals surface area (Å²) in [6.07, 6.45) is 0.819. The number of hydrogen-bond donors (Lipinski definition) is 3. The summed E-state index contributed by atoms with van der Waals surface area (Å²) >= 11 is 0. The average molecular weight is 230 g/mol. The Morgan fingerprint density at radius 1 is 1.25 bits per heavy atom. The van der Waals surface area contributed by atoms with Crippen LogP contribution in [0.5, 0.6) is 0 Å². The van der Waals surface area contributed by atoms with Crippen LogP contribution in [0.25, 0.3) is 0 Å². The Kier molecular flexibility index (Phi) is 5.44. The number of carboxylic acid groups (broad SMARTS) is 1. The van der Waals surface area contributed by atoms with Crippen molar-refractivity contribution in [1.29, 1.82) is 0 Å². The quantitative estimate of drug-likeness (QED) is 0.629. The number of nitrogens with one attached hydrogen (secondary N) is 2. The van der Waals surface area contributed by atoms with Crippen molar-refractivity contribution in [3.63, 3.8) is 0 Å². The van der Waals surface area contributed by atoms with Crippen LogP contribution in [0.4, 0.5) is 0 Å². The molecule has 0 aliphatic rings. The van der Waals surface area contributed by atoms with Gasteiger partial charge in [0.15, 0.2) is 0 Å². The van der Waals surface area contributed by atoms with Crippen molar-refractivity contribution in [3.8, 4) is 0 Å². The number of amides is 1. The van der Waals surface area contributed by atoms with Gasteiger partial charge in [-0.05, 0) is 34.1 Å². The summed E-state index contributed by atoms with van der Waals surface area (Å²) in [6.45, 7) is 9.01. The molecular weight excluding hydrogens is 208 g/mol. The highest BCUT2D eigenvalue weighted by Gasteiger charge is 2.23. The summed E-state index contributed by atoms with van der Waals surface area (Å²) in [5, 5.41) is 14.3. The molecule has 0 saturated heterocycles. The zero-order chi connectivity index (χ0) is 12.9. The number of aliphatic carboxylic acids is 1. The highest BCUT2D eigenvalue weighted by Crippen LogP contribution is 2.07. The topological polar surface area (TPSA) is 78.4 Å². The highest BCUT2D eigenvalue weighted by molar-refractivity contribution is 5.83. The fourth-order valence-electron chi connectivity index (χ4n) is 1.05. The fraction of sp³-hybridized carbons (Fsp3) is 0.818. The van der Waals surface area contributed by atoms with Crippen LogP contribution in [0.3, 0.4) is 0 Å². The second-order valence-electron chi connectivity index (χ2n) is 4.67. The molecule has 0 fully saturated rings. The van der Waals surface area contributed by atoms with Crippen molar-refractivity contribution in [1.82, 2.24) is 10.6 Å². The van der Waals surface area contributed by atoms with Crippen molar-refractivity contribution in [2.45, 2.75) is 58.7 Å². The minimum atomic E-state index is -0.964. The lowest BCUT2D eigenvalue weighted by atomic mass is 10.0. The lowest BCUT2D eigenvalue weighted by molar-refractivity contribution is -0.139. The van der Waals surface area contributed by atoms with Crippen LogP contribution >= 0.6 is 0 Å². The normalized spacial score (nSPS) is 15.3. The minimum Gasteiger partial charge on any atom is -0.480 e.